The molecule has 0 spiro atoms. The smallest absolute Gasteiger partial charge is 0.194 e. The number of ketones is 1. The predicted octanol–water partition coefficient (Wildman–Crippen LogP) is 4.18. The van der Waals surface area contributed by atoms with Gasteiger partial charge in [0, 0.05) is 16.1 Å². The molecule has 5 atom stereocenters. The molecule has 1 saturated heterocycles. The molecule has 196 valence electrons. The molecule has 0 bridgehead atoms. The minimum absolute atomic E-state index is 0.108. The zero-order valence-corrected chi connectivity index (χ0v) is 22.2. The molecular weight excluding hydrogens is 514 g/mol. The van der Waals surface area contributed by atoms with Crippen LogP contribution in [-0.4, -0.2) is 64.9 Å². The number of hydrogen-bond donors (Lipinski definition) is 3. The van der Waals surface area contributed by atoms with Crippen molar-refractivity contribution in [2.24, 2.45) is 4.99 Å². The van der Waals surface area contributed by atoms with E-state index >= 15 is 0 Å². The van der Waals surface area contributed by atoms with Crippen LogP contribution in [0.2, 0.25) is 5.02 Å². The lowest BCUT2D eigenvalue weighted by Crippen LogP contribution is -2.54. The van der Waals surface area contributed by atoms with Gasteiger partial charge in [-0.25, -0.2) is 0 Å². The first kappa shape index (κ1) is 27.4. The van der Waals surface area contributed by atoms with E-state index < -0.39 is 30.5 Å². The van der Waals surface area contributed by atoms with Gasteiger partial charge in [0.25, 0.3) is 0 Å². The van der Waals surface area contributed by atoms with Crippen molar-refractivity contribution < 1.29 is 29.6 Å². The Balaban J connectivity index is 1.49. The van der Waals surface area contributed by atoms with Crippen molar-refractivity contribution in [1.82, 2.24) is 0 Å². The van der Waals surface area contributed by atoms with Crippen LogP contribution in [-0.2, 0) is 11.2 Å². The molecule has 0 saturated carbocycles. The number of aryl methyl sites for hydroxylation is 1. The van der Waals surface area contributed by atoms with Crippen LogP contribution in [0.5, 0.6) is 5.75 Å². The Kier molecular flexibility index (Phi) is 9.13. The standard InChI is InChI=1S/C28H30ClNO6S/c1-3-35-20-8-5-17(6-9-20)12-19-13-18(7-10-21(19)29)28-27(34)26(33)25(32)23(36-28)15-30-14-22(31)24-11-4-16(2)37-24/h4-11,13,15,23,25-28,32-34H,3,12,14H2,1-2H3/t23-,25-,26+,27-,28+/m1/s1. The van der Waals surface area contributed by atoms with Crippen molar-refractivity contribution in [3.05, 3.63) is 86.1 Å². The van der Waals surface area contributed by atoms with Crippen LogP contribution >= 0.6 is 22.9 Å². The third kappa shape index (κ3) is 6.65. The Morgan fingerprint density at radius 2 is 1.84 bits per heavy atom. The minimum Gasteiger partial charge on any atom is -0.494 e. The number of ether oxygens (including phenoxy) is 2. The third-order valence-corrected chi connectivity index (χ3v) is 7.59. The summed E-state index contributed by atoms with van der Waals surface area (Å²) in [5.41, 5.74) is 2.45. The van der Waals surface area contributed by atoms with Crippen LogP contribution in [0.1, 0.15) is 44.3 Å². The second-order valence-corrected chi connectivity index (χ2v) is 10.6. The van der Waals surface area contributed by atoms with Gasteiger partial charge in [0.2, 0.25) is 0 Å². The molecule has 37 heavy (non-hydrogen) atoms. The van der Waals surface area contributed by atoms with Gasteiger partial charge in [-0.15, -0.1) is 11.3 Å². The fourth-order valence-corrected chi connectivity index (χ4v) is 5.19. The van der Waals surface area contributed by atoms with E-state index in [4.69, 9.17) is 21.1 Å². The summed E-state index contributed by atoms with van der Waals surface area (Å²) in [6.07, 6.45) is -4.30. The normalized spacial score (nSPS) is 23.9. The van der Waals surface area contributed by atoms with Gasteiger partial charge in [-0.3, -0.25) is 9.79 Å². The quantitative estimate of drug-likeness (QED) is 0.276. The number of carbonyl (C=O) groups excluding carboxylic acids is 1. The molecule has 2 aromatic carbocycles. The van der Waals surface area contributed by atoms with E-state index in [9.17, 15) is 20.1 Å². The average molecular weight is 544 g/mol. The number of Topliss-reactive ketones (excluding diaryl/α,β-unsaturated/α-hetero) is 1. The van der Waals surface area contributed by atoms with Crippen LogP contribution in [0.15, 0.2) is 59.6 Å². The minimum atomic E-state index is -1.46. The highest BCUT2D eigenvalue weighted by Gasteiger charge is 2.43. The van der Waals surface area contributed by atoms with Gasteiger partial charge in [0.1, 0.15) is 42.8 Å². The SMILES string of the molecule is CCOc1ccc(Cc2cc([C@@H]3O[C@H](C=NCC(=O)c4ccc(C)s4)[C@@H](O)[C@H](O)[C@H]3O)ccc2Cl)cc1. The summed E-state index contributed by atoms with van der Waals surface area (Å²) in [6, 6.07) is 16.6. The summed E-state index contributed by atoms with van der Waals surface area (Å²) >= 11 is 7.86. The highest BCUT2D eigenvalue weighted by molar-refractivity contribution is 7.14. The van der Waals surface area contributed by atoms with E-state index in [2.05, 4.69) is 4.99 Å². The third-order valence-electron chi connectivity index (χ3n) is 6.18. The number of carbonyl (C=O) groups is 1. The number of halogens is 1. The molecule has 0 aliphatic carbocycles. The van der Waals surface area contributed by atoms with Gasteiger partial charge >= 0.3 is 0 Å². The van der Waals surface area contributed by atoms with Gasteiger partial charge in [-0.1, -0.05) is 35.9 Å². The van der Waals surface area contributed by atoms with Crippen LogP contribution < -0.4 is 4.74 Å². The second kappa shape index (κ2) is 12.3. The van der Waals surface area contributed by atoms with Crippen LogP contribution in [0.25, 0.3) is 0 Å². The molecule has 0 amide bonds. The molecular formula is C28H30ClNO6S. The van der Waals surface area contributed by atoms with Crippen LogP contribution in [0.4, 0.5) is 0 Å². The van der Waals surface area contributed by atoms with Crippen LogP contribution in [0, 0.1) is 6.92 Å². The molecule has 3 N–H and O–H groups in total. The first-order valence-electron chi connectivity index (χ1n) is 12.1. The highest BCUT2D eigenvalue weighted by Crippen LogP contribution is 2.34. The fraction of sp³-hybridized carbons (Fsp3) is 0.357. The van der Waals surface area contributed by atoms with E-state index in [0.29, 0.717) is 28.5 Å². The summed E-state index contributed by atoms with van der Waals surface area (Å²) in [7, 11) is 0. The number of aliphatic imine (C=N–C) groups is 1. The average Bonchev–Trinajstić information content (AvgIpc) is 3.33. The first-order valence-corrected chi connectivity index (χ1v) is 13.3. The Hall–Kier alpha value is -2.59. The summed E-state index contributed by atoms with van der Waals surface area (Å²) in [5, 5.41) is 32.2. The summed E-state index contributed by atoms with van der Waals surface area (Å²) in [4.78, 5) is 18.1. The molecule has 3 aromatic rings. The number of aliphatic hydroxyl groups excluding tert-OH is 3. The molecule has 4 rings (SSSR count). The topological polar surface area (TPSA) is 109 Å². The van der Waals surface area contributed by atoms with Crippen molar-refractivity contribution in [2.75, 3.05) is 13.2 Å². The van der Waals surface area contributed by atoms with E-state index in [1.807, 2.05) is 50.2 Å². The molecule has 0 unspecified atom stereocenters. The lowest BCUT2D eigenvalue weighted by molar-refractivity contribution is -0.205. The van der Waals surface area contributed by atoms with Gasteiger partial charge in [-0.05, 0) is 67.3 Å². The lowest BCUT2D eigenvalue weighted by atomic mass is 9.90. The number of hydrogen-bond acceptors (Lipinski definition) is 8. The van der Waals surface area contributed by atoms with Gasteiger partial charge in [0.05, 0.1) is 11.5 Å². The van der Waals surface area contributed by atoms with Crippen molar-refractivity contribution in [3.8, 4) is 5.75 Å². The Morgan fingerprint density at radius 3 is 2.51 bits per heavy atom. The highest BCUT2D eigenvalue weighted by atomic mass is 35.5. The molecule has 0 radical (unpaired) electrons. The summed E-state index contributed by atoms with van der Waals surface area (Å²) in [5.74, 6) is 0.644. The second-order valence-electron chi connectivity index (χ2n) is 8.92. The molecule has 7 nitrogen and oxygen atoms in total. The van der Waals surface area contributed by atoms with Gasteiger partial charge < -0.3 is 24.8 Å². The zero-order valence-electron chi connectivity index (χ0n) is 20.6. The van der Waals surface area contributed by atoms with E-state index in [1.54, 1.807) is 18.2 Å². The molecule has 1 aromatic heterocycles. The number of aliphatic hydroxyl groups is 3. The predicted molar refractivity (Wildman–Crippen MR) is 144 cm³/mol. The van der Waals surface area contributed by atoms with Crippen LogP contribution in [0.3, 0.4) is 0 Å². The molecule has 1 aliphatic rings. The largest absolute Gasteiger partial charge is 0.494 e. The maximum Gasteiger partial charge on any atom is 0.194 e. The van der Waals surface area contributed by atoms with Crippen molar-refractivity contribution in [1.29, 1.82) is 0 Å². The maximum atomic E-state index is 12.3. The van der Waals surface area contributed by atoms with Crippen molar-refractivity contribution in [3.63, 3.8) is 0 Å². The summed E-state index contributed by atoms with van der Waals surface area (Å²) < 4.78 is 11.5. The van der Waals surface area contributed by atoms with E-state index in [-0.39, 0.29) is 12.3 Å². The Morgan fingerprint density at radius 1 is 1.08 bits per heavy atom. The number of benzene rings is 2. The van der Waals surface area contributed by atoms with Crippen molar-refractivity contribution in [2.45, 2.75) is 50.8 Å². The fourth-order valence-electron chi connectivity index (χ4n) is 4.20. The Bertz CT molecular complexity index is 1240. The zero-order chi connectivity index (χ0) is 26.5. The van der Waals surface area contributed by atoms with E-state index in [0.717, 1.165) is 21.8 Å². The summed E-state index contributed by atoms with van der Waals surface area (Å²) in [6.45, 7) is 4.33. The number of nitrogens with zero attached hydrogens (tertiary/aromatic N) is 1. The lowest BCUT2D eigenvalue weighted by Gasteiger charge is -2.39. The Labute approximate surface area is 225 Å². The first-order chi connectivity index (χ1) is 17.8. The monoisotopic (exact) mass is 543 g/mol. The molecule has 9 heteroatoms. The van der Waals surface area contributed by atoms with E-state index in [1.165, 1.54) is 17.6 Å². The molecule has 1 fully saturated rings. The van der Waals surface area contributed by atoms with Gasteiger partial charge in [0.15, 0.2) is 5.78 Å². The van der Waals surface area contributed by atoms with Crippen molar-refractivity contribution >= 4 is 34.9 Å². The number of rotatable bonds is 9. The maximum absolute atomic E-state index is 12.3. The molecule has 1 aliphatic heterocycles. The number of thiophene rings is 1. The molecule has 2 heterocycles. The van der Waals surface area contributed by atoms with Gasteiger partial charge in [-0.2, -0.15) is 0 Å².